The molecule has 0 aliphatic rings. The van der Waals surface area contributed by atoms with Crippen LogP contribution in [0.15, 0.2) is 63.4 Å². The number of nitrogens with zero attached hydrogens (tertiary/aromatic N) is 3. The molecule has 3 N–H and O–H groups in total. The predicted molar refractivity (Wildman–Crippen MR) is 91.4 cm³/mol. The van der Waals surface area contributed by atoms with Gasteiger partial charge in [0.25, 0.3) is 0 Å². The van der Waals surface area contributed by atoms with Gasteiger partial charge in [0.2, 0.25) is 0 Å². The van der Waals surface area contributed by atoms with E-state index in [1.54, 1.807) is 18.3 Å². The third-order valence-corrected chi connectivity index (χ3v) is 3.73. The molecule has 0 unspecified atom stereocenters. The van der Waals surface area contributed by atoms with Crippen molar-refractivity contribution in [2.75, 3.05) is 5.73 Å². The minimum absolute atomic E-state index is 0.194. The summed E-state index contributed by atoms with van der Waals surface area (Å²) in [7, 11) is 0. The molecule has 7 heteroatoms. The molecule has 0 amide bonds. The van der Waals surface area contributed by atoms with E-state index in [1.807, 2.05) is 18.2 Å². The second-order valence-corrected chi connectivity index (χ2v) is 5.69. The zero-order valence-electron chi connectivity index (χ0n) is 11.8. The topological polar surface area (TPSA) is 101 Å². The second-order valence-electron chi connectivity index (χ2n) is 4.78. The Hall–Kier alpha value is -2.80. The third-order valence-electron chi connectivity index (χ3n) is 3.24. The first-order valence-electron chi connectivity index (χ1n) is 6.63. The highest BCUT2D eigenvalue weighted by Gasteiger charge is 2.07. The Kier molecular flexibility index (Phi) is 4.03. The minimum Gasteiger partial charge on any atom is -0.478 e. The largest absolute Gasteiger partial charge is 0.478 e. The van der Waals surface area contributed by atoms with E-state index in [0.717, 1.165) is 15.2 Å². The first-order chi connectivity index (χ1) is 11.0. The molecule has 0 atom stereocenters. The van der Waals surface area contributed by atoms with Gasteiger partial charge in [-0.25, -0.2) is 9.78 Å². The molecule has 0 fully saturated rings. The van der Waals surface area contributed by atoms with E-state index in [-0.39, 0.29) is 11.4 Å². The van der Waals surface area contributed by atoms with Crippen molar-refractivity contribution >= 4 is 49.9 Å². The molecule has 2 aromatic carbocycles. The van der Waals surface area contributed by atoms with Crippen LogP contribution in [0.5, 0.6) is 0 Å². The van der Waals surface area contributed by atoms with Crippen LogP contribution in [0.1, 0.15) is 10.4 Å². The summed E-state index contributed by atoms with van der Waals surface area (Å²) in [4.78, 5) is 14.9. The lowest BCUT2D eigenvalue weighted by Gasteiger charge is -2.04. The van der Waals surface area contributed by atoms with Crippen LogP contribution in [0.25, 0.3) is 10.8 Å². The summed E-state index contributed by atoms with van der Waals surface area (Å²) in [6, 6.07) is 11.8. The van der Waals surface area contributed by atoms with Gasteiger partial charge in [-0.05, 0) is 36.4 Å². The quantitative estimate of drug-likeness (QED) is 0.652. The first-order valence-corrected chi connectivity index (χ1v) is 7.43. The molecule has 0 aliphatic heterocycles. The van der Waals surface area contributed by atoms with Crippen LogP contribution in [-0.4, -0.2) is 16.1 Å². The van der Waals surface area contributed by atoms with Gasteiger partial charge in [0.15, 0.2) is 5.82 Å². The molecule has 1 aromatic heterocycles. The summed E-state index contributed by atoms with van der Waals surface area (Å²) in [5.74, 6) is -0.706. The molecule has 6 nitrogen and oxygen atoms in total. The van der Waals surface area contributed by atoms with Gasteiger partial charge in [-0.2, -0.15) is 5.11 Å². The molecule has 114 valence electrons. The van der Waals surface area contributed by atoms with Crippen LogP contribution in [0, 0.1) is 0 Å². The van der Waals surface area contributed by atoms with Crippen molar-refractivity contribution in [2.24, 2.45) is 10.2 Å². The summed E-state index contributed by atoms with van der Waals surface area (Å²) in [6.45, 7) is 0. The summed E-state index contributed by atoms with van der Waals surface area (Å²) >= 11 is 3.42. The number of fused-ring (bicyclic) bond motifs is 1. The van der Waals surface area contributed by atoms with Crippen LogP contribution >= 0.6 is 15.9 Å². The Balaban J connectivity index is 2.01. The SMILES string of the molecule is Nc1ncc2ccc(Br)cc2c1/N=N/c1ccc(C(=O)O)cc1. The molecular weight excluding hydrogens is 360 g/mol. The van der Waals surface area contributed by atoms with Crippen LogP contribution in [-0.2, 0) is 0 Å². The molecule has 0 radical (unpaired) electrons. The first kappa shape index (κ1) is 15.1. The van der Waals surface area contributed by atoms with Gasteiger partial charge in [0, 0.05) is 21.4 Å². The van der Waals surface area contributed by atoms with Gasteiger partial charge in [0.1, 0.15) is 5.69 Å². The maximum atomic E-state index is 10.8. The maximum absolute atomic E-state index is 10.8. The summed E-state index contributed by atoms with van der Waals surface area (Å²) in [6.07, 6.45) is 1.68. The number of benzene rings is 2. The Morgan fingerprint density at radius 1 is 1.13 bits per heavy atom. The number of carbonyl (C=O) groups is 1. The minimum atomic E-state index is -0.985. The predicted octanol–water partition coefficient (Wildman–Crippen LogP) is 4.69. The van der Waals surface area contributed by atoms with Gasteiger partial charge < -0.3 is 10.8 Å². The Labute approximate surface area is 139 Å². The fraction of sp³-hybridized carbons (Fsp3) is 0. The average molecular weight is 371 g/mol. The highest BCUT2D eigenvalue weighted by Crippen LogP contribution is 2.33. The fourth-order valence-electron chi connectivity index (χ4n) is 2.07. The molecule has 1 heterocycles. The molecule has 23 heavy (non-hydrogen) atoms. The van der Waals surface area contributed by atoms with E-state index in [0.29, 0.717) is 11.4 Å². The van der Waals surface area contributed by atoms with Crippen LogP contribution in [0.4, 0.5) is 17.2 Å². The number of carboxylic acid groups (broad SMARTS) is 1. The van der Waals surface area contributed by atoms with Crippen molar-refractivity contribution in [1.29, 1.82) is 0 Å². The zero-order valence-corrected chi connectivity index (χ0v) is 13.4. The van der Waals surface area contributed by atoms with Gasteiger partial charge in [-0.1, -0.05) is 22.0 Å². The number of carboxylic acids is 1. The van der Waals surface area contributed by atoms with Gasteiger partial charge in [0.05, 0.1) is 11.3 Å². The number of azo groups is 1. The number of nitrogen functional groups attached to an aromatic ring is 1. The van der Waals surface area contributed by atoms with Crippen molar-refractivity contribution in [3.05, 3.63) is 58.7 Å². The normalized spacial score (nSPS) is 11.2. The Morgan fingerprint density at radius 2 is 1.87 bits per heavy atom. The Bertz CT molecular complexity index is 918. The fourth-order valence-corrected chi connectivity index (χ4v) is 2.43. The molecule has 0 bridgehead atoms. The number of hydrogen-bond donors (Lipinski definition) is 2. The van der Waals surface area contributed by atoms with Crippen molar-refractivity contribution < 1.29 is 9.90 Å². The molecule has 0 saturated heterocycles. The summed E-state index contributed by atoms with van der Waals surface area (Å²) in [5.41, 5.74) is 7.11. The summed E-state index contributed by atoms with van der Waals surface area (Å²) in [5, 5.41) is 18.9. The molecule has 0 saturated carbocycles. The zero-order chi connectivity index (χ0) is 16.4. The summed E-state index contributed by atoms with van der Waals surface area (Å²) < 4.78 is 0.901. The van der Waals surface area contributed by atoms with E-state index in [1.165, 1.54) is 12.1 Å². The number of pyridine rings is 1. The second kappa shape index (κ2) is 6.13. The molecule has 3 rings (SSSR count). The smallest absolute Gasteiger partial charge is 0.335 e. The molecule has 3 aromatic rings. The monoisotopic (exact) mass is 370 g/mol. The van der Waals surface area contributed by atoms with Crippen molar-refractivity contribution in [3.8, 4) is 0 Å². The number of nitrogens with two attached hydrogens (primary N) is 1. The number of halogens is 1. The van der Waals surface area contributed by atoms with E-state index >= 15 is 0 Å². The maximum Gasteiger partial charge on any atom is 0.335 e. The van der Waals surface area contributed by atoms with Gasteiger partial charge in [-0.3, -0.25) is 0 Å². The highest BCUT2D eigenvalue weighted by atomic mass is 79.9. The molecule has 0 spiro atoms. The lowest BCUT2D eigenvalue weighted by atomic mass is 10.1. The molecule has 0 aliphatic carbocycles. The van der Waals surface area contributed by atoms with Crippen LogP contribution in [0.3, 0.4) is 0 Å². The van der Waals surface area contributed by atoms with Crippen LogP contribution < -0.4 is 5.73 Å². The lowest BCUT2D eigenvalue weighted by molar-refractivity contribution is 0.0697. The van der Waals surface area contributed by atoms with E-state index in [2.05, 4.69) is 31.1 Å². The van der Waals surface area contributed by atoms with Gasteiger partial charge in [-0.15, -0.1) is 5.11 Å². The van der Waals surface area contributed by atoms with E-state index < -0.39 is 5.97 Å². The number of aromatic carboxylic acids is 1. The van der Waals surface area contributed by atoms with Crippen molar-refractivity contribution in [2.45, 2.75) is 0 Å². The number of aromatic nitrogens is 1. The van der Waals surface area contributed by atoms with Gasteiger partial charge >= 0.3 is 5.97 Å². The van der Waals surface area contributed by atoms with Crippen molar-refractivity contribution in [1.82, 2.24) is 4.98 Å². The van der Waals surface area contributed by atoms with Crippen molar-refractivity contribution in [3.63, 3.8) is 0 Å². The molecular formula is C16H11BrN4O2. The lowest BCUT2D eigenvalue weighted by Crippen LogP contribution is -1.94. The van der Waals surface area contributed by atoms with E-state index in [9.17, 15) is 4.79 Å². The standard InChI is InChI=1S/C16H11BrN4O2/c17-11-4-1-10-8-19-15(18)14(13(10)7-11)21-20-12-5-2-9(3-6-12)16(22)23/h1-8H,(H2,18,19)(H,22,23)/b21-20+. The highest BCUT2D eigenvalue weighted by molar-refractivity contribution is 9.10. The average Bonchev–Trinajstić information content (AvgIpc) is 2.54. The number of rotatable bonds is 3. The van der Waals surface area contributed by atoms with E-state index in [4.69, 9.17) is 10.8 Å². The third kappa shape index (κ3) is 3.19. The number of anilines is 1. The van der Waals surface area contributed by atoms with Crippen LogP contribution in [0.2, 0.25) is 0 Å². The Morgan fingerprint density at radius 3 is 2.57 bits per heavy atom. The number of hydrogen-bond acceptors (Lipinski definition) is 5.